The van der Waals surface area contributed by atoms with Gasteiger partial charge in [0.25, 0.3) is 0 Å². The number of ether oxygens (including phenoxy) is 1. The van der Waals surface area contributed by atoms with E-state index in [1.165, 1.54) is 18.4 Å². The van der Waals surface area contributed by atoms with Crippen LogP contribution in [0.2, 0.25) is 0 Å². The van der Waals surface area contributed by atoms with E-state index in [0.717, 1.165) is 10.7 Å². The molecule has 0 fully saturated rings. The first-order chi connectivity index (χ1) is 8.20. The summed E-state index contributed by atoms with van der Waals surface area (Å²) in [5.74, 6) is -0.444. The van der Waals surface area contributed by atoms with Crippen molar-refractivity contribution < 1.29 is 9.53 Å². The summed E-state index contributed by atoms with van der Waals surface area (Å²) >= 11 is 1.40. The number of methoxy groups -OCH3 is 1. The molecule has 0 saturated carbocycles. The van der Waals surface area contributed by atoms with E-state index in [4.69, 9.17) is 0 Å². The number of hydrogen-bond donors (Lipinski definition) is 1. The van der Waals surface area contributed by atoms with Gasteiger partial charge in [-0.1, -0.05) is 0 Å². The number of thiazole rings is 1. The Morgan fingerprint density at radius 3 is 3.00 bits per heavy atom. The highest BCUT2D eigenvalue weighted by molar-refractivity contribution is 7.16. The van der Waals surface area contributed by atoms with Crippen LogP contribution in [0.15, 0.2) is 24.5 Å². The third kappa shape index (κ3) is 2.59. The van der Waals surface area contributed by atoms with Crippen LogP contribution in [-0.4, -0.2) is 23.0 Å². The van der Waals surface area contributed by atoms with Gasteiger partial charge in [-0.2, -0.15) is 0 Å². The second kappa shape index (κ2) is 4.92. The van der Waals surface area contributed by atoms with E-state index in [2.05, 4.69) is 20.0 Å². The Morgan fingerprint density at radius 2 is 2.35 bits per heavy atom. The molecule has 0 aliphatic rings. The highest BCUT2D eigenvalue weighted by Crippen LogP contribution is 2.27. The number of hydrogen-bond acceptors (Lipinski definition) is 6. The summed E-state index contributed by atoms with van der Waals surface area (Å²) in [7, 11) is 1.34. The minimum absolute atomic E-state index is 0.304. The maximum Gasteiger partial charge on any atom is 0.359 e. The molecular weight excluding hydrogens is 238 g/mol. The maximum absolute atomic E-state index is 11.5. The van der Waals surface area contributed by atoms with Gasteiger partial charge in [-0.15, -0.1) is 11.3 Å². The normalized spacial score (nSPS) is 10.0. The van der Waals surface area contributed by atoms with Crippen molar-refractivity contribution in [3.63, 3.8) is 0 Å². The Labute approximate surface area is 102 Å². The van der Waals surface area contributed by atoms with Crippen LogP contribution in [0, 0.1) is 6.92 Å². The van der Waals surface area contributed by atoms with Crippen molar-refractivity contribution >= 4 is 28.0 Å². The number of aryl methyl sites for hydroxylation is 1. The summed E-state index contributed by atoms with van der Waals surface area (Å²) in [5.41, 5.74) is 1.11. The second-order valence-electron chi connectivity index (χ2n) is 3.27. The first kappa shape index (κ1) is 11.5. The Bertz CT molecular complexity index is 525. The van der Waals surface area contributed by atoms with Crippen molar-refractivity contribution in [3.8, 4) is 0 Å². The fraction of sp³-hybridized carbons (Fsp3) is 0.182. The second-order valence-corrected chi connectivity index (χ2v) is 4.47. The van der Waals surface area contributed by atoms with Crippen LogP contribution in [0.1, 0.15) is 15.5 Å². The summed E-state index contributed by atoms with van der Waals surface area (Å²) in [6.45, 7) is 1.84. The fourth-order valence-electron chi connectivity index (χ4n) is 1.31. The Balaban J connectivity index is 2.30. The third-order valence-corrected chi connectivity index (χ3v) is 2.92. The zero-order valence-electron chi connectivity index (χ0n) is 9.43. The van der Waals surface area contributed by atoms with Crippen LogP contribution in [-0.2, 0) is 4.74 Å². The van der Waals surface area contributed by atoms with Crippen LogP contribution >= 0.6 is 11.3 Å². The molecule has 88 valence electrons. The lowest BCUT2D eigenvalue weighted by atomic mass is 10.4. The zero-order valence-corrected chi connectivity index (χ0v) is 10.2. The van der Waals surface area contributed by atoms with E-state index in [1.807, 2.05) is 19.1 Å². The molecule has 0 bridgehead atoms. The standard InChI is InChI=1S/C11H11N3O2S/c1-7-13-9(11(15)16-2)10(17-7)14-8-4-3-5-12-6-8/h3-6,14H,1-2H3. The van der Waals surface area contributed by atoms with Crippen molar-refractivity contribution in [2.45, 2.75) is 6.92 Å². The van der Waals surface area contributed by atoms with Crippen molar-refractivity contribution in [2.24, 2.45) is 0 Å². The average molecular weight is 249 g/mol. The monoisotopic (exact) mass is 249 g/mol. The largest absolute Gasteiger partial charge is 0.464 e. The summed E-state index contributed by atoms with van der Waals surface area (Å²) in [6.07, 6.45) is 3.36. The molecule has 2 rings (SSSR count). The smallest absolute Gasteiger partial charge is 0.359 e. The molecule has 17 heavy (non-hydrogen) atoms. The molecule has 2 heterocycles. The summed E-state index contributed by atoms with van der Waals surface area (Å²) in [5, 5.41) is 4.57. The molecule has 0 aromatic carbocycles. The molecule has 0 saturated heterocycles. The number of pyridine rings is 1. The predicted octanol–water partition coefficient (Wildman–Crippen LogP) is 2.38. The van der Waals surface area contributed by atoms with Crippen molar-refractivity contribution in [2.75, 3.05) is 12.4 Å². The van der Waals surface area contributed by atoms with Crippen molar-refractivity contribution in [3.05, 3.63) is 35.2 Å². The van der Waals surface area contributed by atoms with Gasteiger partial charge in [0.05, 0.1) is 24.0 Å². The molecule has 0 spiro atoms. The van der Waals surface area contributed by atoms with Gasteiger partial charge in [-0.05, 0) is 19.1 Å². The lowest BCUT2D eigenvalue weighted by molar-refractivity contribution is 0.0596. The van der Waals surface area contributed by atoms with E-state index in [9.17, 15) is 4.79 Å². The summed E-state index contributed by atoms with van der Waals surface area (Å²) in [4.78, 5) is 19.6. The molecule has 5 nitrogen and oxygen atoms in total. The number of nitrogens with zero attached hydrogens (tertiary/aromatic N) is 2. The molecule has 0 aliphatic heterocycles. The van der Waals surface area contributed by atoms with Crippen LogP contribution < -0.4 is 5.32 Å². The van der Waals surface area contributed by atoms with E-state index in [0.29, 0.717) is 10.7 Å². The molecule has 2 aromatic rings. The number of rotatable bonds is 3. The van der Waals surface area contributed by atoms with E-state index in [-0.39, 0.29) is 0 Å². The van der Waals surface area contributed by atoms with Gasteiger partial charge in [0, 0.05) is 6.20 Å². The molecule has 0 atom stereocenters. The van der Waals surface area contributed by atoms with Crippen LogP contribution in [0.5, 0.6) is 0 Å². The molecular formula is C11H11N3O2S. The number of aromatic nitrogens is 2. The van der Waals surface area contributed by atoms with E-state index in [1.54, 1.807) is 12.4 Å². The SMILES string of the molecule is COC(=O)c1nc(C)sc1Nc1cccnc1. The van der Waals surface area contributed by atoms with Crippen molar-refractivity contribution in [1.29, 1.82) is 0 Å². The minimum Gasteiger partial charge on any atom is -0.464 e. The molecule has 0 unspecified atom stereocenters. The highest BCUT2D eigenvalue weighted by atomic mass is 32.1. The minimum atomic E-state index is -0.444. The predicted molar refractivity (Wildman–Crippen MR) is 65.7 cm³/mol. The van der Waals surface area contributed by atoms with Crippen molar-refractivity contribution in [1.82, 2.24) is 9.97 Å². The highest BCUT2D eigenvalue weighted by Gasteiger charge is 2.17. The maximum atomic E-state index is 11.5. The third-order valence-electron chi connectivity index (χ3n) is 2.03. The Morgan fingerprint density at radius 1 is 1.53 bits per heavy atom. The molecule has 0 aliphatic carbocycles. The Kier molecular flexibility index (Phi) is 3.34. The zero-order chi connectivity index (χ0) is 12.3. The first-order valence-corrected chi connectivity index (χ1v) is 5.75. The van der Waals surface area contributed by atoms with Gasteiger partial charge in [0.15, 0.2) is 5.69 Å². The van der Waals surface area contributed by atoms with Gasteiger partial charge in [0.1, 0.15) is 5.00 Å². The first-order valence-electron chi connectivity index (χ1n) is 4.93. The van der Waals surface area contributed by atoms with Gasteiger partial charge < -0.3 is 10.1 Å². The number of nitrogens with one attached hydrogen (secondary N) is 1. The van der Waals surface area contributed by atoms with E-state index < -0.39 is 5.97 Å². The molecule has 0 radical (unpaired) electrons. The average Bonchev–Trinajstić information content (AvgIpc) is 2.70. The lowest BCUT2D eigenvalue weighted by Crippen LogP contribution is -2.04. The number of anilines is 2. The quantitative estimate of drug-likeness (QED) is 0.846. The number of carbonyl (C=O) groups excluding carboxylic acids is 1. The van der Waals surface area contributed by atoms with Gasteiger partial charge in [-0.25, -0.2) is 9.78 Å². The molecule has 1 N–H and O–H groups in total. The molecule has 2 aromatic heterocycles. The van der Waals surface area contributed by atoms with Gasteiger partial charge in [0.2, 0.25) is 0 Å². The van der Waals surface area contributed by atoms with Crippen LogP contribution in [0.4, 0.5) is 10.7 Å². The van der Waals surface area contributed by atoms with Crippen LogP contribution in [0.25, 0.3) is 0 Å². The Hall–Kier alpha value is -1.95. The van der Waals surface area contributed by atoms with E-state index >= 15 is 0 Å². The summed E-state index contributed by atoms with van der Waals surface area (Å²) < 4.78 is 4.68. The molecule has 6 heteroatoms. The van der Waals surface area contributed by atoms with Gasteiger partial charge in [-0.3, -0.25) is 4.98 Å². The topological polar surface area (TPSA) is 64.1 Å². The van der Waals surface area contributed by atoms with Crippen LogP contribution in [0.3, 0.4) is 0 Å². The lowest BCUT2D eigenvalue weighted by Gasteiger charge is -2.03. The van der Waals surface area contributed by atoms with Gasteiger partial charge >= 0.3 is 5.97 Å². The molecule has 0 amide bonds. The number of carbonyl (C=O) groups is 1. The number of esters is 1. The summed E-state index contributed by atoms with van der Waals surface area (Å²) in [6, 6.07) is 3.68. The fourth-order valence-corrected chi connectivity index (χ4v) is 2.14.